The van der Waals surface area contributed by atoms with Gasteiger partial charge in [0.15, 0.2) is 6.23 Å². The summed E-state index contributed by atoms with van der Waals surface area (Å²) in [6, 6.07) is -0.365. The zero-order valence-electron chi connectivity index (χ0n) is 11.0. The van der Waals surface area contributed by atoms with E-state index >= 15 is 0 Å². The first-order valence-corrected chi connectivity index (χ1v) is 7.17. The molecule has 0 aromatic heterocycles. The molecule has 0 radical (unpaired) electrons. The Morgan fingerprint density at radius 1 is 1.33 bits per heavy atom. The standard InChI is InChI=1S/C9H20N4O4S/c1-5-12-7(11(4)18(16,17)10-3)8(14)13(6-2)9(12)15/h7-8,10,14H,5-6H2,1-4H3. The molecule has 1 saturated heterocycles. The van der Waals surface area contributed by atoms with E-state index in [2.05, 4.69) is 4.72 Å². The Labute approximate surface area is 107 Å². The molecular weight excluding hydrogens is 260 g/mol. The molecule has 2 N–H and O–H groups in total. The van der Waals surface area contributed by atoms with Crippen molar-refractivity contribution in [2.45, 2.75) is 26.2 Å². The van der Waals surface area contributed by atoms with Crippen molar-refractivity contribution in [1.82, 2.24) is 18.8 Å². The number of urea groups is 1. The van der Waals surface area contributed by atoms with Gasteiger partial charge >= 0.3 is 6.03 Å². The quantitative estimate of drug-likeness (QED) is 0.662. The van der Waals surface area contributed by atoms with E-state index in [-0.39, 0.29) is 6.03 Å². The molecule has 1 fully saturated rings. The van der Waals surface area contributed by atoms with E-state index in [9.17, 15) is 18.3 Å². The molecule has 9 heteroatoms. The second-order valence-corrected chi connectivity index (χ2v) is 5.84. The predicted octanol–water partition coefficient (Wildman–Crippen LogP) is -1.20. The first-order chi connectivity index (χ1) is 8.31. The fraction of sp³-hybridized carbons (Fsp3) is 0.889. The number of hydrogen-bond donors (Lipinski definition) is 2. The Bertz CT molecular complexity index is 413. The minimum Gasteiger partial charge on any atom is -0.370 e. The van der Waals surface area contributed by atoms with Crippen LogP contribution in [0.25, 0.3) is 0 Å². The van der Waals surface area contributed by atoms with Crippen molar-refractivity contribution in [1.29, 1.82) is 0 Å². The predicted molar refractivity (Wildman–Crippen MR) is 65.7 cm³/mol. The van der Waals surface area contributed by atoms with Crippen LogP contribution in [0.2, 0.25) is 0 Å². The summed E-state index contributed by atoms with van der Waals surface area (Å²) in [4.78, 5) is 14.5. The number of carbonyl (C=O) groups is 1. The molecule has 106 valence electrons. The first-order valence-electron chi connectivity index (χ1n) is 5.73. The Hall–Kier alpha value is -0.900. The first kappa shape index (κ1) is 15.2. The van der Waals surface area contributed by atoms with Gasteiger partial charge in [-0.3, -0.25) is 4.90 Å². The molecule has 1 aliphatic rings. The van der Waals surface area contributed by atoms with Crippen LogP contribution in [0.4, 0.5) is 4.79 Å². The third-order valence-electron chi connectivity index (χ3n) is 3.09. The van der Waals surface area contributed by atoms with Crippen LogP contribution in [0.5, 0.6) is 0 Å². The van der Waals surface area contributed by atoms with Gasteiger partial charge in [-0.2, -0.15) is 12.7 Å². The third-order valence-corrected chi connectivity index (χ3v) is 4.58. The van der Waals surface area contributed by atoms with Crippen molar-refractivity contribution in [2.24, 2.45) is 0 Å². The summed E-state index contributed by atoms with van der Waals surface area (Å²) < 4.78 is 26.6. The summed E-state index contributed by atoms with van der Waals surface area (Å²) in [5.74, 6) is 0. The van der Waals surface area contributed by atoms with Gasteiger partial charge in [-0.15, -0.1) is 0 Å². The fourth-order valence-electron chi connectivity index (χ4n) is 2.03. The van der Waals surface area contributed by atoms with Crippen molar-refractivity contribution in [3.8, 4) is 0 Å². The Balaban J connectivity index is 3.10. The minimum atomic E-state index is -3.71. The van der Waals surface area contributed by atoms with Crippen molar-refractivity contribution in [3.05, 3.63) is 0 Å². The van der Waals surface area contributed by atoms with Crippen molar-refractivity contribution < 1.29 is 18.3 Å². The summed E-state index contributed by atoms with van der Waals surface area (Å²) >= 11 is 0. The molecule has 8 nitrogen and oxygen atoms in total. The van der Waals surface area contributed by atoms with E-state index in [0.29, 0.717) is 13.1 Å². The Morgan fingerprint density at radius 2 is 1.83 bits per heavy atom. The average molecular weight is 280 g/mol. The van der Waals surface area contributed by atoms with Crippen molar-refractivity contribution in [2.75, 3.05) is 27.2 Å². The van der Waals surface area contributed by atoms with Gasteiger partial charge in [0, 0.05) is 27.2 Å². The molecule has 1 rings (SSSR count). The molecule has 0 aromatic carbocycles. The van der Waals surface area contributed by atoms with Crippen LogP contribution in [-0.4, -0.2) is 73.2 Å². The number of nitrogens with zero attached hydrogens (tertiary/aromatic N) is 3. The van der Waals surface area contributed by atoms with Crippen LogP contribution in [0.1, 0.15) is 13.8 Å². The van der Waals surface area contributed by atoms with Gasteiger partial charge in [-0.1, -0.05) is 0 Å². The van der Waals surface area contributed by atoms with Crippen LogP contribution in [0.3, 0.4) is 0 Å². The highest BCUT2D eigenvalue weighted by atomic mass is 32.2. The lowest BCUT2D eigenvalue weighted by Gasteiger charge is -2.30. The van der Waals surface area contributed by atoms with Crippen molar-refractivity contribution >= 4 is 16.2 Å². The van der Waals surface area contributed by atoms with E-state index in [1.54, 1.807) is 13.8 Å². The van der Waals surface area contributed by atoms with E-state index in [4.69, 9.17) is 0 Å². The SMILES string of the molecule is CCN1C(=O)N(CC)C(N(C)S(=O)(=O)NC)C1O. The molecule has 1 aliphatic heterocycles. The lowest BCUT2D eigenvalue weighted by Crippen LogP contribution is -2.53. The molecule has 0 aliphatic carbocycles. The molecule has 2 amide bonds. The number of likely N-dealkylation sites (N-methyl/N-ethyl adjacent to an activating group) is 3. The van der Waals surface area contributed by atoms with Gasteiger partial charge in [0.2, 0.25) is 0 Å². The highest BCUT2D eigenvalue weighted by Crippen LogP contribution is 2.24. The minimum absolute atomic E-state index is 0.320. The fourth-order valence-corrected chi connectivity index (χ4v) is 2.82. The van der Waals surface area contributed by atoms with Gasteiger partial charge < -0.3 is 10.0 Å². The van der Waals surface area contributed by atoms with Gasteiger partial charge in [-0.25, -0.2) is 9.52 Å². The van der Waals surface area contributed by atoms with Crippen LogP contribution >= 0.6 is 0 Å². The van der Waals surface area contributed by atoms with Crippen LogP contribution in [-0.2, 0) is 10.2 Å². The summed E-state index contributed by atoms with van der Waals surface area (Å²) in [6.45, 7) is 4.10. The van der Waals surface area contributed by atoms with Gasteiger partial charge in [-0.05, 0) is 13.8 Å². The maximum atomic E-state index is 12.0. The Morgan fingerprint density at radius 3 is 2.22 bits per heavy atom. The highest BCUT2D eigenvalue weighted by molar-refractivity contribution is 7.87. The molecule has 0 saturated carbocycles. The molecule has 0 spiro atoms. The number of aliphatic hydroxyl groups is 1. The number of rotatable bonds is 5. The lowest BCUT2D eigenvalue weighted by molar-refractivity contribution is 0.00107. The normalized spacial score (nSPS) is 25.3. The monoisotopic (exact) mass is 280 g/mol. The third kappa shape index (κ3) is 2.30. The van der Waals surface area contributed by atoms with Crippen LogP contribution < -0.4 is 4.72 Å². The number of nitrogens with one attached hydrogen (secondary N) is 1. The second-order valence-electron chi connectivity index (χ2n) is 3.91. The van der Waals surface area contributed by atoms with Crippen molar-refractivity contribution in [3.63, 3.8) is 0 Å². The van der Waals surface area contributed by atoms with E-state index in [1.165, 1.54) is 23.9 Å². The number of amides is 2. The van der Waals surface area contributed by atoms with E-state index < -0.39 is 22.6 Å². The molecule has 0 aromatic rings. The van der Waals surface area contributed by atoms with Gasteiger partial charge in [0.05, 0.1) is 0 Å². The van der Waals surface area contributed by atoms with Crippen LogP contribution in [0.15, 0.2) is 0 Å². The van der Waals surface area contributed by atoms with E-state index in [1.807, 2.05) is 0 Å². The summed E-state index contributed by atoms with van der Waals surface area (Å²) in [6.07, 6.45) is -2.09. The zero-order chi connectivity index (χ0) is 14.1. The lowest BCUT2D eigenvalue weighted by atomic mass is 10.4. The molecule has 18 heavy (non-hydrogen) atoms. The summed E-state index contributed by atoms with van der Waals surface area (Å²) in [5.41, 5.74) is 0. The maximum absolute atomic E-state index is 12.0. The van der Waals surface area contributed by atoms with E-state index in [0.717, 1.165) is 4.31 Å². The smallest absolute Gasteiger partial charge is 0.323 e. The molecular formula is C9H20N4O4S. The maximum Gasteiger partial charge on any atom is 0.323 e. The van der Waals surface area contributed by atoms with Gasteiger partial charge in [0.25, 0.3) is 10.2 Å². The molecule has 2 atom stereocenters. The Kier molecular flexibility index (Phi) is 4.54. The number of aliphatic hydroxyl groups excluding tert-OH is 1. The highest BCUT2D eigenvalue weighted by Gasteiger charge is 2.48. The topological polar surface area (TPSA) is 93.2 Å². The molecule has 2 unspecified atom stereocenters. The average Bonchev–Trinajstić information content (AvgIpc) is 2.58. The van der Waals surface area contributed by atoms with Gasteiger partial charge in [0.1, 0.15) is 6.17 Å². The number of hydrogen-bond acceptors (Lipinski definition) is 4. The molecule has 1 heterocycles. The second kappa shape index (κ2) is 5.39. The summed E-state index contributed by atoms with van der Waals surface area (Å²) in [7, 11) is -1.10. The number of carbonyl (C=O) groups excluding carboxylic acids is 1. The zero-order valence-corrected chi connectivity index (χ0v) is 11.8. The molecule has 0 bridgehead atoms. The van der Waals surface area contributed by atoms with Crippen LogP contribution in [0, 0.1) is 0 Å². The largest absolute Gasteiger partial charge is 0.370 e. The summed E-state index contributed by atoms with van der Waals surface area (Å²) in [5, 5.41) is 10.1.